The van der Waals surface area contributed by atoms with E-state index >= 15 is 0 Å². The number of hydrogen-bond acceptors (Lipinski definition) is 5. The van der Waals surface area contributed by atoms with Gasteiger partial charge in [0.2, 0.25) is 5.95 Å². The molecule has 2 N–H and O–H groups in total. The van der Waals surface area contributed by atoms with Crippen molar-refractivity contribution in [1.29, 1.82) is 0 Å². The van der Waals surface area contributed by atoms with Crippen LogP contribution >= 0.6 is 23.2 Å². The molecule has 3 aromatic rings. The summed E-state index contributed by atoms with van der Waals surface area (Å²) in [6.45, 7) is 0.480. The third-order valence-corrected chi connectivity index (χ3v) is 3.94. The van der Waals surface area contributed by atoms with Crippen LogP contribution in [0.4, 0.5) is 21.8 Å². The highest BCUT2D eigenvalue weighted by atomic mass is 35.5. The van der Waals surface area contributed by atoms with Crippen LogP contribution in [0.5, 0.6) is 0 Å². The lowest BCUT2D eigenvalue weighted by molar-refractivity contribution is 0.610. The van der Waals surface area contributed by atoms with Crippen molar-refractivity contribution >= 4 is 40.7 Å². The van der Waals surface area contributed by atoms with Gasteiger partial charge in [0.15, 0.2) is 5.82 Å². The highest BCUT2D eigenvalue weighted by Crippen LogP contribution is 2.27. The SMILES string of the molecule is Fc1ccccc1CCNc1nncc(Nc2ccc(Cl)cc2Cl)n1. The minimum atomic E-state index is -0.226. The molecular formula is C17H14Cl2FN5. The molecule has 0 atom stereocenters. The van der Waals surface area contributed by atoms with E-state index in [0.29, 0.717) is 46.0 Å². The van der Waals surface area contributed by atoms with E-state index in [1.165, 1.54) is 12.3 Å². The number of rotatable bonds is 6. The molecule has 25 heavy (non-hydrogen) atoms. The third kappa shape index (κ3) is 4.78. The summed E-state index contributed by atoms with van der Waals surface area (Å²) in [4.78, 5) is 4.30. The molecule has 0 aliphatic heterocycles. The molecule has 128 valence electrons. The van der Waals surface area contributed by atoms with Crippen molar-refractivity contribution in [3.63, 3.8) is 0 Å². The average Bonchev–Trinajstić information content (AvgIpc) is 2.60. The molecule has 8 heteroatoms. The zero-order chi connectivity index (χ0) is 17.6. The Kier molecular flexibility index (Phi) is 5.63. The van der Waals surface area contributed by atoms with Gasteiger partial charge in [0.25, 0.3) is 0 Å². The molecule has 0 bridgehead atoms. The van der Waals surface area contributed by atoms with Crippen LogP contribution < -0.4 is 10.6 Å². The van der Waals surface area contributed by atoms with Gasteiger partial charge >= 0.3 is 0 Å². The molecule has 0 aliphatic carbocycles. The number of halogens is 3. The van der Waals surface area contributed by atoms with Crippen LogP contribution in [0.3, 0.4) is 0 Å². The first-order valence-corrected chi connectivity index (χ1v) is 8.26. The Hall–Kier alpha value is -2.44. The molecule has 0 saturated heterocycles. The number of benzene rings is 2. The van der Waals surface area contributed by atoms with Gasteiger partial charge in [-0.15, -0.1) is 5.10 Å². The molecule has 5 nitrogen and oxygen atoms in total. The smallest absolute Gasteiger partial charge is 0.244 e. The summed E-state index contributed by atoms with van der Waals surface area (Å²) in [7, 11) is 0. The number of anilines is 3. The molecule has 0 spiro atoms. The Morgan fingerprint density at radius 2 is 1.92 bits per heavy atom. The summed E-state index contributed by atoms with van der Waals surface area (Å²) in [5, 5.41) is 14.9. The van der Waals surface area contributed by atoms with E-state index in [2.05, 4.69) is 25.8 Å². The largest absolute Gasteiger partial charge is 0.353 e. The van der Waals surface area contributed by atoms with Gasteiger partial charge in [-0.05, 0) is 36.2 Å². The van der Waals surface area contributed by atoms with Crippen molar-refractivity contribution in [2.45, 2.75) is 6.42 Å². The van der Waals surface area contributed by atoms with Gasteiger partial charge in [-0.3, -0.25) is 0 Å². The van der Waals surface area contributed by atoms with Gasteiger partial charge in [-0.1, -0.05) is 41.4 Å². The second-order valence-corrected chi connectivity index (χ2v) is 6.03. The predicted octanol–water partition coefficient (Wildman–Crippen LogP) is 4.72. The second-order valence-electron chi connectivity index (χ2n) is 5.18. The van der Waals surface area contributed by atoms with Crippen LogP contribution in [-0.4, -0.2) is 21.7 Å². The van der Waals surface area contributed by atoms with Crippen LogP contribution in [0.15, 0.2) is 48.7 Å². The van der Waals surface area contributed by atoms with Crippen molar-refractivity contribution in [3.8, 4) is 0 Å². The maximum absolute atomic E-state index is 13.6. The monoisotopic (exact) mass is 377 g/mol. The van der Waals surface area contributed by atoms with Crippen molar-refractivity contribution < 1.29 is 4.39 Å². The normalized spacial score (nSPS) is 10.5. The lowest BCUT2D eigenvalue weighted by Gasteiger charge is -2.09. The summed E-state index contributed by atoms with van der Waals surface area (Å²) in [6, 6.07) is 11.8. The first kappa shape index (κ1) is 17.4. The molecule has 2 aromatic carbocycles. The van der Waals surface area contributed by atoms with E-state index in [4.69, 9.17) is 23.2 Å². The van der Waals surface area contributed by atoms with Crippen LogP contribution in [0.1, 0.15) is 5.56 Å². The highest BCUT2D eigenvalue weighted by Gasteiger charge is 2.06. The minimum absolute atomic E-state index is 0.226. The zero-order valence-corrected chi connectivity index (χ0v) is 14.5. The van der Waals surface area contributed by atoms with Gasteiger partial charge < -0.3 is 10.6 Å². The third-order valence-electron chi connectivity index (χ3n) is 3.39. The molecule has 1 aromatic heterocycles. The molecule has 0 fully saturated rings. The lowest BCUT2D eigenvalue weighted by atomic mass is 10.1. The lowest BCUT2D eigenvalue weighted by Crippen LogP contribution is -2.10. The topological polar surface area (TPSA) is 62.7 Å². The van der Waals surface area contributed by atoms with E-state index in [0.717, 1.165) is 0 Å². The number of aromatic nitrogens is 3. The van der Waals surface area contributed by atoms with Gasteiger partial charge in [-0.25, -0.2) is 4.39 Å². The average molecular weight is 378 g/mol. The summed E-state index contributed by atoms with van der Waals surface area (Å²) in [5.74, 6) is 0.593. The van der Waals surface area contributed by atoms with Crippen LogP contribution in [0.2, 0.25) is 10.0 Å². The van der Waals surface area contributed by atoms with Crippen LogP contribution in [-0.2, 0) is 6.42 Å². The molecule has 0 unspecified atom stereocenters. The van der Waals surface area contributed by atoms with E-state index < -0.39 is 0 Å². The Morgan fingerprint density at radius 1 is 1.08 bits per heavy atom. The van der Waals surface area contributed by atoms with Gasteiger partial charge in [0, 0.05) is 11.6 Å². The van der Waals surface area contributed by atoms with E-state index in [1.54, 1.807) is 36.4 Å². The Labute approximate surface area is 154 Å². The van der Waals surface area contributed by atoms with E-state index in [1.807, 2.05) is 0 Å². The Bertz CT molecular complexity index is 875. The molecule has 0 radical (unpaired) electrons. The predicted molar refractivity (Wildman–Crippen MR) is 98.2 cm³/mol. The minimum Gasteiger partial charge on any atom is -0.353 e. The molecule has 1 heterocycles. The number of hydrogen-bond donors (Lipinski definition) is 2. The van der Waals surface area contributed by atoms with Gasteiger partial charge in [0.05, 0.1) is 16.9 Å². The van der Waals surface area contributed by atoms with Crippen LogP contribution in [0.25, 0.3) is 0 Å². The quantitative estimate of drug-likeness (QED) is 0.650. The van der Waals surface area contributed by atoms with E-state index in [9.17, 15) is 4.39 Å². The van der Waals surface area contributed by atoms with Crippen molar-refractivity contribution in [3.05, 3.63) is 70.1 Å². The summed E-state index contributed by atoms with van der Waals surface area (Å²) >= 11 is 12.0. The maximum atomic E-state index is 13.6. The first-order chi connectivity index (χ1) is 12.1. The van der Waals surface area contributed by atoms with Crippen molar-refractivity contribution in [2.24, 2.45) is 0 Å². The van der Waals surface area contributed by atoms with Gasteiger partial charge in [0.1, 0.15) is 5.82 Å². The number of nitrogens with zero attached hydrogens (tertiary/aromatic N) is 3. The highest BCUT2D eigenvalue weighted by molar-refractivity contribution is 6.36. The molecular weight excluding hydrogens is 364 g/mol. The second kappa shape index (κ2) is 8.09. The number of nitrogens with one attached hydrogen (secondary N) is 2. The molecule has 0 amide bonds. The van der Waals surface area contributed by atoms with Crippen LogP contribution in [0, 0.1) is 5.82 Å². The fourth-order valence-electron chi connectivity index (χ4n) is 2.18. The zero-order valence-electron chi connectivity index (χ0n) is 13.0. The summed E-state index contributed by atoms with van der Waals surface area (Å²) in [5.41, 5.74) is 1.29. The summed E-state index contributed by atoms with van der Waals surface area (Å²) < 4.78 is 13.6. The van der Waals surface area contributed by atoms with Crippen molar-refractivity contribution in [2.75, 3.05) is 17.2 Å². The molecule has 0 saturated carbocycles. The standard InChI is InChI=1S/C17H14Cl2FN5/c18-12-5-6-15(13(19)9-12)23-16-10-22-25-17(24-16)21-8-7-11-3-1-2-4-14(11)20/h1-6,9-10H,7-8H2,(H2,21,23,24,25). The Morgan fingerprint density at radius 3 is 2.72 bits per heavy atom. The fraction of sp³-hybridized carbons (Fsp3) is 0.118. The fourth-order valence-corrected chi connectivity index (χ4v) is 2.63. The van der Waals surface area contributed by atoms with Crippen molar-refractivity contribution in [1.82, 2.24) is 15.2 Å². The summed E-state index contributed by atoms with van der Waals surface area (Å²) in [6.07, 6.45) is 1.99. The Balaban J connectivity index is 1.62. The van der Waals surface area contributed by atoms with Gasteiger partial charge in [-0.2, -0.15) is 10.1 Å². The first-order valence-electron chi connectivity index (χ1n) is 7.51. The van der Waals surface area contributed by atoms with E-state index in [-0.39, 0.29) is 5.82 Å². The molecule has 0 aliphatic rings. The molecule has 3 rings (SSSR count). The maximum Gasteiger partial charge on any atom is 0.244 e.